The van der Waals surface area contributed by atoms with Crippen LogP contribution >= 0.6 is 23.7 Å². The van der Waals surface area contributed by atoms with Gasteiger partial charge in [-0.05, 0) is 43.9 Å². The maximum absolute atomic E-state index is 12.1. The zero-order valence-electron chi connectivity index (χ0n) is 12.3. The van der Waals surface area contributed by atoms with Gasteiger partial charge in [-0.2, -0.15) is 0 Å². The number of hydrogen-bond acceptors (Lipinski definition) is 4. The van der Waals surface area contributed by atoms with E-state index in [0.29, 0.717) is 0 Å². The summed E-state index contributed by atoms with van der Waals surface area (Å²) in [4.78, 5) is 16.9. The molecule has 118 valence electrons. The van der Waals surface area contributed by atoms with Crippen molar-refractivity contribution in [3.05, 3.63) is 21.4 Å². The van der Waals surface area contributed by atoms with Gasteiger partial charge in [0.2, 0.25) is 0 Å². The number of piperazine rings is 1. The van der Waals surface area contributed by atoms with E-state index in [2.05, 4.69) is 21.6 Å². The summed E-state index contributed by atoms with van der Waals surface area (Å²) in [7, 11) is 0. The van der Waals surface area contributed by atoms with Crippen LogP contribution in [0.2, 0.25) is 0 Å². The molecule has 6 heteroatoms. The van der Waals surface area contributed by atoms with Gasteiger partial charge in [0, 0.05) is 37.6 Å². The fourth-order valence-corrected chi connectivity index (χ4v) is 4.14. The Kier molecular flexibility index (Phi) is 6.48. The number of hydrogen-bond donors (Lipinski definition) is 2. The summed E-state index contributed by atoms with van der Waals surface area (Å²) in [5.41, 5.74) is 1.40. The summed E-state index contributed by atoms with van der Waals surface area (Å²) in [6.45, 7) is 6.31. The van der Waals surface area contributed by atoms with E-state index in [4.69, 9.17) is 0 Å². The largest absolute Gasteiger partial charge is 0.351 e. The van der Waals surface area contributed by atoms with Gasteiger partial charge in [0.25, 0.3) is 5.91 Å². The summed E-state index contributed by atoms with van der Waals surface area (Å²) >= 11 is 1.69. The minimum atomic E-state index is 0. The Morgan fingerprint density at radius 2 is 2.14 bits per heavy atom. The van der Waals surface area contributed by atoms with Crippen molar-refractivity contribution >= 4 is 29.7 Å². The maximum atomic E-state index is 12.1. The summed E-state index contributed by atoms with van der Waals surface area (Å²) in [5, 5.41) is 6.41. The zero-order chi connectivity index (χ0) is 13.8. The van der Waals surface area contributed by atoms with Crippen molar-refractivity contribution in [2.45, 2.75) is 25.7 Å². The van der Waals surface area contributed by atoms with Gasteiger partial charge < -0.3 is 15.5 Å². The molecule has 4 nitrogen and oxygen atoms in total. The second kappa shape index (κ2) is 8.13. The lowest BCUT2D eigenvalue weighted by Crippen LogP contribution is -2.44. The third kappa shape index (κ3) is 4.42. The van der Waals surface area contributed by atoms with Gasteiger partial charge in [0.1, 0.15) is 0 Å². The molecule has 2 heterocycles. The molecule has 21 heavy (non-hydrogen) atoms. The van der Waals surface area contributed by atoms with Crippen molar-refractivity contribution in [2.75, 3.05) is 39.3 Å². The zero-order valence-corrected chi connectivity index (χ0v) is 14.0. The van der Waals surface area contributed by atoms with Crippen LogP contribution in [0.4, 0.5) is 0 Å². The molecular weight excluding hydrogens is 306 g/mol. The first kappa shape index (κ1) is 16.7. The predicted octanol–water partition coefficient (Wildman–Crippen LogP) is 1.68. The molecule has 1 aliphatic heterocycles. The molecule has 1 fully saturated rings. The van der Waals surface area contributed by atoms with Crippen LogP contribution in [-0.2, 0) is 12.8 Å². The van der Waals surface area contributed by atoms with E-state index in [9.17, 15) is 4.79 Å². The first-order valence-electron chi connectivity index (χ1n) is 7.66. The van der Waals surface area contributed by atoms with Gasteiger partial charge in [-0.1, -0.05) is 0 Å². The molecule has 1 aliphatic carbocycles. The number of aryl methyl sites for hydroxylation is 2. The molecule has 0 spiro atoms. The topological polar surface area (TPSA) is 44.4 Å². The lowest BCUT2D eigenvalue weighted by atomic mass is 10.2. The average molecular weight is 330 g/mol. The normalized spacial score (nSPS) is 18.1. The fraction of sp³-hybridized carbons (Fsp3) is 0.667. The molecule has 2 aliphatic rings. The number of fused-ring (bicyclic) bond motifs is 1. The quantitative estimate of drug-likeness (QED) is 0.808. The van der Waals surface area contributed by atoms with E-state index >= 15 is 0 Å². The van der Waals surface area contributed by atoms with E-state index < -0.39 is 0 Å². The van der Waals surface area contributed by atoms with Crippen molar-refractivity contribution < 1.29 is 4.79 Å². The number of rotatable bonds is 5. The molecule has 1 saturated heterocycles. The van der Waals surface area contributed by atoms with E-state index in [-0.39, 0.29) is 18.3 Å². The summed E-state index contributed by atoms with van der Waals surface area (Å²) < 4.78 is 0. The number of nitrogens with one attached hydrogen (secondary N) is 2. The van der Waals surface area contributed by atoms with E-state index in [0.717, 1.165) is 63.4 Å². The van der Waals surface area contributed by atoms with Crippen LogP contribution in [0.5, 0.6) is 0 Å². The molecule has 2 N–H and O–H groups in total. The van der Waals surface area contributed by atoms with E-state index in [1.165, 1.54) is 16.9 Å². The molecule has 0 atom stereocenters. The lowest BCUT2D eigenvalue weighted by Gasteiger charge is -2.27. The molecule has 1 amide bonds. The Hall–Kier alpha value is -0.620. The van der Waals surface area contributed by atoms with Gasteiger partial charge in [0.15, 0.2) is 0 Å². The number of amides is 1. The summed E-state index contributed by atoms with van der Waals surface area (Å²) in [5.74, 6) is 0.115. The molecule has 3 rings (SSSR count). The number of nitrogens with zero attached hydrogens (tertiary/aromatic N) is 1. The number of halogens is 1. The minimum Gasteiger partial charge on any atom is -0.351 e. The predicted molar refractivity (Wildman–Crippen MR) is 89.9 cm³/mol. The second-order valence-electron chi connectivity index (χ2n) is 5.61. The van der Waals surface area contributed by atoms with Gasteiger partial charge >= 0.3 is 0 Å². The Labute approximate surface area is 136 Å². The first-order valence-corrected chi connectivity index (χ1v) is 8.47. The van der Waals surface area contributed by atoms with Crippen molar-refractivity contribution in [1.82, 2.24) is 15.5 Å². The second-order valence-corrected chi connectivity index (χ2v) is 6.75. The van der Waals surface area contributed by atoms with Crippen molar-refractivity contribution in [3.63, 3.8) is 0 Å². The molecule has 0 bridgehead atoms. The Balaban J connectivity index is 0.00000161. The molecule has 0 saturated carbocycles. The van der Waals surface area contributed by atoms with Crippen LogP contribution < -0.4 is 10.6 Å². The fourth-order valence-electron chi connectivity index (χ4n) is 2.97. The maximum Gasteiger partial charge on any atom is 0.261 e. The van der Waals surface area contributed by atoms with Crippen LogP contribution in [0.25, 0.3) is 0 Å². The molecule has 1 aromatic rings. The Morgan fingerprint density at radius 1 is 1.33 bits per heavy atom. The van der Waals surface area contributed by atoms with Crippen molar-refractivity contribution in [2.24, 2.45) is 0 Å². The Bertz CT molecular complexity index is 450. The van der Waals surface area contributed by atoms with Crippen molar-refractivity contribution in [1.29, 1.82) is 0 Å². The van der Waals surface area contributed by atoms with Gasteiger partial charge in [0.05, 0.1) is 4.88 Å². The highest BCUT2D eigenvalue weighted by molar-refractivity contribution is 7.14. The smallest absolute Gasteiger partial charge is 0.261 e. The van der Waals surface area contributed by atoms with Crippen LogP contribution in [0.15, 0.2) is 6.07 Å². The van der Waals surface area contributed by atoms with Crippen LogP contribution in [-0.4, -0.2) is 50.1 Å². The molecule has 0 aromatic carbocycles. The number of thiophene rings is 1. The highest BCUT2D eigenvalue weighted by atomic mass is 35.5. The molecule has 0 unspecified atom stereocenters. The van der Waals surface area contributed by atoms with Gasteiger partial charge in [-0.3, -0.25) is 4.79 Å². The van der Waals surface area contributed by atoms with E-state index in [1.807, 2.05) is 0 Å². The number of carbonyl (C=O) groups excluding carboxylic acids is 1. The van der Waals surface area contributed by atoms with Gasteiger partial charge in [-0.25, -0.2) is 0 Å². The minimum absolute atomic E-state index is 0. The third-order valence-electron chi connectivity index (χ3n) is 4.12. The van der Waals surface area contributed by atoms with E-state index in [1.54, 1.807) is 11.3 Å². The molecule has 0 radical (unpaired) electrons. The Morgan fingerprint density at radius 3 is 2.90 bits per heavy atom. The molecular formula is C15H24ClN3OS. The lowest BCUT2D eigenvalue weighted by molar-refractivity contribution is 0.0955. The third-order valence-corrected chi connectivity index (χ3v) is 5.35. The van der Waals surface area contributed by atoms with Gasteiger partial charge in [-0.15, -0.1) is 23.7 Å². The summed E-state index contributed by atoms with van der Waals surface area (Å²) in [6.07, 6.45) is 4.61. The average Bonchev–Trinajstić information content (AvgIpc) is 3.05. The first-order chi connectivity index (χ1) is 9.83. The van der Waals surface area contributed by atoms with Crippen LogP contribution in [0.1, 0.15) is 33.0 Å². The van der Waals surface area contributed by atoms with Crippen molar-refractivity contribution in [3.8, 4) is 0 Å². The molecule has 1 aromatic heterocycles. The monoisotopic (exact) mass is 329 g/mol. The van der Waals surface area contributed by atoms with Crippen LogP contribution in [0.3, 0.4) is 0 Å². The standard InChI is InChI=1S/C15H23N3OS.ClH/c19-15(14-11-12-3-1-4-13(12)20-14)17-5-2-8-18-9-6-16-7-10-18;/h11,16H,1-10H2,(H,17,19);1H. The summed E-state index contributed by atoms with van der Waals surface area (Å²) in [6, 6.07) is 2.10. The number of carbonyl (C=O) groups is 1. The van der Waals surface area contributed by atoms with Crippen LogP contribution in [0, 0.1) is 0 Å². The highest BCUT2D eigenvalue weighted by Crippen LogP contribution is 2.30. The highest BCUT2D eigenvalue weighted by Gasteiger charge is 2.18. The SMILES string of the molecule is Cl.O=C(NCCCN1CCNCC1)c1cc2c(s1)CCC2.